The Labute approximate surface area is 111 Å². The van der Waals surface area contributed by atoms with E-state index in [9.17, 15) is 0 Å². The largest absolute Gasteiger partial charge is 0.0783 e. The topological polar surface area (TPSA) is 0 Å². The van der Waals surface area contributed by atoms with E-state index in [2.05, 4.69) is 57.2 Å². The molecule has 0 aliphatic carbocycles. The third kappa shape index (κ3) is 3.34. The molecule has 1 heteroatoms. The molecule has 0 bridgehead atoms. The molecule has 0 atom stereocenters. The van der Waals surface area contributed by atoms with E-state index in [0.717, 1.165) is 0 Å². The van der Waals surface area contributed by atoms with Gasteiger partial charge in [-0.25, -0.2) is 0 Å². The average Bonchev–Trinajstić information content (AvgIpc) is 2.30. The summed E-state index contributed by atoms with van der Waals surface area (Å²) < 4.78 is 0.517. The van der Waals surface area contributed by atoms with Crippen molar-refractivity contribution in [3.05, 3.63) is 0 Å². The SMILES string of the molecule is CCCCC(CC)(CC)C(I)(CC)CC. The van der Waals surface area contributed by atoms with E-state index in [4.69, 9.17) is 0 Å². The summed E-state index contributed by atoms with van der Waals surface area (Å²) >= 11 is 2.76. The van der Waals surface area contributed by atoms with Gasteiger partial charge in [-0.15, -0.1) is 0 Å². The molecular weight excluding hydrogens is 295 g/mol. The number of hydrogen-bond donors (Lipinski definition) is 0. The van der Waals surface area contributed by atoms with Gasteiger partial charge < -0.3 is 0 Å². The molecule has 0 heterocycles. The van der Waals surface area contributed by atoms with Gasteiger partial charge in [0.15, 0.2) is 0 Å². The predicted octanol–water partition coefficient (Wildman–Crippen LogP) is 5.98. The van der Waals surface area contributed by atoms with Gasteiger partial charge in [0.05, 0.1) is 0 Å². The molecule has 0 unspecified atom stereocenters. The van der Waals surface area contributed by atoms with Crippen molar-refractivity contribution in [2.75, 3.05) is 0 Å². The monoisotopic (exact) mass is 324 g/mol. The Balaban J connectivity index is 4.87. The first-order valence-electron chi connectivity index (χ1n) is 6.74. The molecule has 0 aromatic heterocycles. The van der Waals surface area contributed by atoms with Crippen molar-refractivity contribution in [2.24, 2.45) is 5.41 Å². The Morgan fingerprint density at radius 2 is 1.27 bits per heavy atom. The van der Waals surface area contributed by atoms with Crippen molar-refractivity contribution in [1.29, 1.82) is 0 Å². The Hall–Kier alpha value is 0.730. The zero-order valence-corrected chi connectivity index (χ0v) is 13.5. The maximum absolute atomic E-state index is 2.76. The highest BCUT2D eigenvalue weighted by molar-refractivity contribution is 14.1. The van der Waals surface area contributed by atoms with Crippen molar-refractivity contribution in [1.82, 2.24) is 0 Å². The van der Waals surface area contributed by atoms with Crippen LogP contribution in [-0.4, -0.2) is 3.42 Å². The lowest BCUT2D eigenvalue weighted by Crippen LogP contribution is -2.41. The normalized spacial score (nSPS) is 13.2. The molecule has 0 spiro atoms. The van der Waals surface area contributed by atoms with Crippen LogP contribution in [0.15, 0.2) is 0 Å². The lowest BCUT2D eigenvalue weighted by atomic mass is 9.66. The maximum Gasteiger partial charge on any atom is 0.0273 e. The van der Waals surface area contributed by atoms with Gasteiger partial charge in [-0.05, 0) is 37.5 Å². The molecule has 0 fully saturated rings. The summed E-state index contributed by atoms with van der Waals surface area (Å²) in [7, 11) is 0. The van der Waals surface area contributed by atoms with Crippen LogP contribution in [0.2, 0.25) is 0 Å². The van der Waals surface area contributed by atoms with Crippen molar-refractivity contribution in [3.8, 4) is 0 Å². The Morgan fingerprint density at radius 1 is 0.800 bits per heavy atom. The number of hydrogen-bond acceptors (Lipinski definition) is 0. The number of rotatable bonds is 8. The minimum atomic E-state index is 0.517. The molecule has 0 N–H and O–H groups in total. The highest BCUT2D eigenvalue weighted by Crippen LogP contribution is 2.52. The smallest absolute Gasteiger partial charge is 0.0273 e. The number of alkyl halides is 1. The average molecular weight is 324 g/mol. The van der Waals surface area contributed by atoms with Gasteiger partial charge in [0.2, 0.25) is 0 Å². The van der Waals surface area contributed by atoms with E-state index in [1.54, 1.807) is 0 Å². The van der Waals surface area contributed by atoms with Crippen LogP contribution < -0.4 is 0 Å². The van der Waals surface area contributed by atoms with Crippen molar-refractivity contribution < 1.29 is 0 Å². The van der Waals surface area contributed by atoms with Gasteiger partial charge in [0.25, 0.3) is 0 Å². The zero-order chi connectivity index (χ0) is 11.9. The van der Waals surface area contributed by atoms with Gasteiger partial charge >= 0.3 is 0 Å². The molecule has 0 aromatic carbocycles. The second-order valence-electron chi connectivity index (χ2n) is 4.76. The summed E-state index contributed by atoms with van der Waals surface area (Å²) in [5.74, 6) is 0. The summed E-state index contributed by atoms with van der Waals surface area (Å²) in [6.45, 7) is 11.8. The quantitative estimate of drug-likeness (QED) is 0.381. The Morgan fingerprint density at radius 3 is 1.53 bits per heavy atom. The standard InChI is InChI=1S/C14H29I/c1-6-11-12-13(7-2,8-3)14(15,9-4)10-5/h6-12H2,1-5H3. The number of halogens is 1. The van der Waals surface area contributed by atoms with E-state index in [1.165, 1.54) is 44.9 Å². The molecule has 0 saturated carbocycles. The van der Waals surface area contributed by atoms with Gasteiger partial charge in [0.1, 0.15) is 0 Å². The van der Waals surface area contributed by atoms with Crippen LogP contribution in [0, 0.1) is 5.41 Å². The molecule has 15 heavy (non-hydrogen) atoms. The second-order valence-corrected chi connectivity index (χ2v) is 6.83. The summed E-state index contributed by atoms with van der Waals surface area (Å²) in [4.78, 5) is 0. The van der Waals surface area contributed by atoms with E-state index in [-0.39, 0.29) is 0 Å². The van der Waals surface area contributed by atoms with E-state index < -0.39 is 0 Å². The van der Waals surface area contributed by atoms with Gasteiger partial charge in [0, 0.05) is 3.42 Å². The molecule has 0 nitrogen and oxygen atoms in total. The van der Waals surface area contributed by atoms with Crippen molar-refractivity contribution >= 4 is 22.6 Å². The summed E-state index contributed by atoms with van der Waals surface area (Å²) in [5.41, 5.74) is 0.576. The molecule has 0 radical (unpaired) electrons. The van der Waals surface area contributed by atoms with Gasteiger partial charge in [-0.3, -0.25) is 0 Å². The summed E-state index contributed by atoms with van der Waals surface area (Å²) in [5, 5.41) is 0. The molecule has 0 amide bonds. The van der Waals surface area contributed by atoms with Gasteiger partial charge in [-0.2, -0.15) is 0 Å². The first-order chi connectivity index (χ1) is 7.05. The summed E-state index contributed by atoms with van der Waals surface area (Å²) in [6, 6.07) is 0. The molecular formula is C14H29I. The third-order valence-electron chi connectivity index (χ3n) is 4.43. The first-order valence-corrected chi connectivity index (χ1v) is 7.82. The Kier molecular flexibility index (Phi) is 7.48. The molecule has 0 aliphatic rings. The van der Waals surface area contributed by atoms with E-state index in [1.807, 2.05) is 0 Å². The van der Waals surface area contributed by atoms with Crippen molar-refractivity contribution in [2.45, 2.75) is 83.0 Å². The first kappa shape index (κ1) is 15.7. The minimum Gasteiger partial charge on any atom is -0.0783 e. The van der Waals surface area contributed by atoms with Crippen LogP contribution >= 0.6 is 22.6 Å². The second kappa shape index (κ2) is 7.13. The highest BCUT2D eigenvalue weighted by atomic mass is 127. The fourth-order valence-electron chi connectivity index (χ4n) is 2.98. The molecule has 0 saturated heterocycles. The maximum atomic E-state index is 2.76. The Bertz CT molecular complexity index is 155. The van der Waals surface area contributed by atoms with Crippen LogP contribution in [0.25, 0.3) is 0 Å². The van der Waals surface area contributed by atoms with Crippen LogP contribution in [0.3, 0.4) is 0 Å². The van der Waals surface area contributed by atoms with E-state index in [0.29, 0.717) is 8.84 Å². The lowest BCUT2D eigenvalue weighted by molar-refractivity contribution is 0.156. The lowest BCUT2D eigenvalue weighted by Gasteiger charge is -2.47. The van der Waals surface area contributed by atoms with Crippen LogP contribution in [0.5, 0.6) is 0 Å². The molecule has 0 aliphatic heterocycles. The fraction of sp³-hybridized carbons (Fsp3) is 1.00. The number of unbranched alkanes of at least 4 members (excludes halogenated alkanes) is 1. The zero-order valence-electron chi connectivity index (χ0n) is 11.3. The van der Waals surface area contributed by atoms with Crippen LogP contribution in [0.4, 0.5) is 0 Å². The minimum absolute atomic E-state index is 0.517. The van der Waals surface area contributed by atoms with Gasteiger partial charge in [-0.1, -0.05) is 70.1 Å². The third-order valence-corrected chi connectivity index (χ3v) is 7.10. The molecule has 0 aromatic rings. The summed E-state index contributed by atoms with van der Waals surface area (Å²) in [6.07, 6.45) is 9.46. The predicted molar refractivity (Wildman–Crippen MR) is 79.9 cm³/mol. The van der Waals surface area contributed by atoms with Crippen LogP contribution in [-0.2, 0) is 0 Å². The van der Waals surface area contributed by atoms with Crippen LogP contribution in [0.1, 0.15) is 79.6 Å². The molecule has 92 valence electrons. The highest BCUT2D eigenvalue weighted by Gasteiger charge is 2.43. The fourth-order valence-corrected chi connectivity index (χ4v) is 4.01. The van der Waals surface area contributed by atoms with E-state index >= 15 is 0 Å². The van der Waals surface area contributed by atoms with Crippen molar-refractivity contribution in [3.63, 3.8) is 0 Å². The molecule has 0 rings (SSSR count).